The van der Waals surface area contributed by atoms with Crippen molar-refractivity contribution in [1.29, 1.82) is 0 Å². The Morgan fingerprint density at radius 2 is 1.67 bits per heavy atom. The molecule has 3 rings (SSSR count). The van der Waals surface area contributed by atoms with E-state index in [0.29, 0.717) is 18.4 Å². The summed E-state index contributed by atoms with van der Waals surface area (Å²) in [5, 5.41) is 0. The predicted octanol–water partition coefficient (Wildman–Crippen LogP) is 4.13. The van der Waals surface area contributed by atoms with Crippen LogP contribution in [0.1, 0.15) is 18.4 Å². The van der Waals surface area contributed by atoms with Crippen LogP contribution >= 0.6 is 15.9 Å². The summed E-state index contributed by atoms with van der Waals surface area (Å²) < 4.78 is 31.5. The van der Waals surface area contributed by atoms with Crippen molar-refractivity contribution in [1.82, 2.24) is 0 Å². The fourth-order valence-corrected chi connectivity index (χ4v) is 4.56. The summed E-state index contributed by atoms with van der Waals surface area (Å²) in [6, 6.07) is 15.1. The summed E-state index contributed by atoms with van der Waals surface area (Å²) in [5.74, 6) is 0. The Labute approximate surface area is 151 Å². The summed E-state index contributed by atoms with van der Waals surface area (Å²) in [5.41, 5.74) is 1.86. The molecule has 24 heavy (non-hydrogen) atoms. The van der Waals surface area contributed by atoms with Crippen molar-refractivity contribution in [3.63, 3.8) is 0 Å². The standard InChI is InChI=1S/C18H20BrNO3S/c1-14-4-2-3-5-18(14)24(21,22)23-17-10-12-20(13-11-17)16-8-6-15(19)7-9-16/h2-9,17H,10-13H2,1H3. The summed E-state index contributed by atoms with van der Waals surface area (Å²) in [6.45, 7) is 3.36. The number of piperidine rings is 1. The van der Waals surface area contributed by atoms with Crippen LogP contribution in [0.5, 0.6) is 0 Å². The maximum atomic E-state index is 12.5. The molecule has 0 saturated carbocycles. The van der Waals surface area contributed by atoms with Gasteiger partial charge in [0.2, 0.25) is 0 Å². The molecule has 1 heterocycles. The number of benzene rings is 2. The van der Waals surface area contributed by atoms with E-state index in [9.17, 15) is 8.42 Å². The third kappa shape index (κ3) is 3.99. The minimum atomic E-state index is -3.70. The van der Waals surface area contributed by atoms with Crippen LogP contribution in [-0.2, 0) is 14.3 Å². The van der Waals surface area contributed by atoms with Crippen molar-refractivity contribution in [3.8, 4) is 0 Å². The van der Waals surface area contributed by atoms with Crippen molar-refractivity contribution in [2.75, 3.05) is 18.0 Å². The van der Waals surface area contributed by atoms with E-state index >= 15 is 0 Å². The van der Waals surface area contributed by atoms with Crippen LogP contribution in [0.3, 0.4) is 0 Å². The molecule has 2 aromatic carbocycles. The van der Waals surface area contributed by atoms with E-state index in [4.69, 9.17) is 4.18 Å². The van der Waals surface area contributed by atoms with Gasteiger partial charge in [-0.05, 0) is 55.7 Å². The van der Waals surface area contributed by atoms with Gasteiger partial charge in [-0.15, -0.1) is 0 Å². The highest BCUT2D eigenvalue weighted by Gasteiger charge is 2.27. The first kappa shape index (κ1) is 17.5. The van der Waals surface area contributed by atoms with E-state index in [1.807, 2.05) is 18.2 Å². The van der Waals surface area contributed by atoms with E-state index < -0.39 is 10.1 Å². The number of halogens is 1. The van der Waals surface area contributed by atoms with E-state index in [1.54, 1.807) is 25.1 Å². The Morgan fingerprint density at radius 1 is 1.04 bits per heavy atom. The lowest BCUT2D eigenvalue weighted by Gasteiger charge is -2.33. The van der Waals surface area contributed by atoms with Gasteiger partial charge in [0.15, 0.2) is 0 Å². The summed E-state index contributed by atoms with van der Waals surface area (Å²) in [4.78, 5) is 2.52. The molecule has 2 aromatic rings. The second-order valence-electron chi connectivity index (χ2n) is 5.98. The highest BCUT2D eigenvalue weighted by Crippen LogP contribution is 2.26. The Balaban J connectivity index is 1.63. The maximum Gasteiger partial charge on any atom is 0.297 e. The van der Waals surface area contributed by atoms with E-state index in [0.717, 1.165) is 23.2 Å². The molecule has 0 radical (unpaired) electrons. The van der Waals surface area contributed by atoms with Gasteiger partial charge < -0.3 is 4.90 Å². The van der Waals surface area contributed by atoms with Crippen LogP contribution in [0.2, 0.25) is 0 Å². The molecule has 0 amide bonds. The maximum absolute atomic E-state index is 12.5. The Hall–Kier alpha value is -1.37. The van der Waals surface area contributed by atoms with Gasteiger partial charge in [-0.25, -0.2) is 0 Å². The minimum absolute atomic E-state index is 0.263. The number of aryl methyl sites for hydroxylation is 1. The van der Waals surface area contributed by atoms with Gasteiger partial charge in [0, 0.05) is 23.2 Å². The van der Waals surface area contributed by atoms with Crippen LogP contribution in [0.25, 0.3) is 0 Å². The van der Waals surface area contributed by atoms with Crippen LogP contribution in [0.4, 0.5) is 5.69 Å². The fourth-order valence-electron chi connectivity index (χ4n) is 2.93. The third-order valence-electron chi connectivity index (χ3n) is 4.26. The molecule has 1 saturated heterocycles. The van der Waals surface area contributed by atoms with Gasteiger partial charge in [0.25, 0.3) is 10.1 Å². The molecule has 4 nitrogen and oxygen atoms in total. The van der Waals surface area contributed by atoms with Gasteiger partial charge in [-0.2, -0.15) is 8.42 Å². The summed E-state index contributed by atoms with van der Waals surface area (Å²) in [6.07, 6.45) is 1.13. The molecule has 0 bridgehead atoms. The largest absolute Gasteiger partial charge is 0.371 e. The Morgan fingerprint density at radius 3 is 2.29 bits per heavy atom. The Kier molecular flexibility index (Phi) is 5.27. The zero-order valence-electron chi connectivity index (χ0n) is 13.5. The summed E-state index contributed by atoms with van der Waals surface area (Å²) in [7, 11) is -3.70. The monoisotopic (exact) mass is 409 g/mol. The lowest BCUT2D eigenvalue weighted by molar-refractivity contribution is 0.178. The molecular weight excluding hydrogens is 390 g/mol. The SMILES string of the molecule is Cc1ccccc1S(=O)(=O)OC1CCN(c2ccc(Br)cc2)CC1. The molecule has 128 valence electrons. The number of anilines is 1. The number of hydrogen-bond acceptors (Lipinski definition) is 4. The number of rotatable bonds is 4. The highest BCUT2D eigenvalue weighted by atomic mass is 79.9. The highest BCUT2D eigenvalue weighted by molar-refractivity contribution is 9.10. The van der Waals surface area contributed by atoms with Crippen molar-refractivity contribution >= 4 is 31.7 Å². The van der Waals surface area contributed by atoms with Crippen LogP contribution in [-0.4, -0.2) is 27.6 Å². The molecule has 0 aliphatic carbocycles. The van der Waals surface area contributed by atoms with E-state index in [-0.39, 0.29) is 11.0 Å². The van der Waals surface area contributed by atoms with Crippen molar-refractivity contribution in [2.45, 2.75) is 30.8 Å². The van der Waals surface area contributed by atoms with Crippen LogP contribution in [0.15, 0.2) is 57.9 Å². The topological polar surface area (TPSA) is 46.6 Å². The smallest absolute Gasteiger partial charge is 0.297 e. The average molecular weight is 410 g/mol. The zero-order valence-corrected chi connectivity index (χ0v) is 15.9. The van der Waals surface area contributed by atoms with Crippen molar-refractivity contribution < 1.29 is 12.6 Å². The number of nitrogens with zero attached hydrogens (tertiary/aromatic N) is 1. The van der Waals surface area contributed by atoms with Crippen molar-refractivity contribution in [2.24, 2.45) is 0 Å². The zero-order chi connectivity index (χ0) is 17.2. The lowest BCUT2D eigenvalue weighted by atomic mass is 10.1. The van der Waals surface area contributed by atoms with Crippen LogP contribution in [0, 0.1) is 6.92 Å². The van der Waals surface area contributed by atoms with E-state index in [2.05, 4.69) is 33.0 Å². The van der Waals surface area contributed by atoms with Crippen molar-refractivity contribution in [3.05, 3.63) is 58.6 Å². The Bertz CT molecular complexity index is 797. The molecule has 6 heteroatoms. The fraction of sp³-hybridized carbons (Fsp3) is 0.333. The molecule has 1 fully saturated rings. The van der Waals surface area contributed by atoms with Gasteiger partial charge in [0.1, 0.15) is 0 Å². The number of hydrogen-bond donors (Lipinski definition) is 0. The first-order chi connectivity index (χ1) is 11.5. The summed E-state index contributed by atoms with van der Waals surface area (Å²) >= 11 is 3.43. The molecule has 0 N–H and O–H groups in total. The molecule has 1 aliphatic heterocycles. The molecule has 0 unspecified atom stereocenters. The molecule has 0 aromatic heterocycles. The van der Waals surface area contributed by atoms with Crippen LogP contribution < -0.4 is 4.90 Å². The second-order valence-corrected chi connectivity index (χ2v) is 8.43. The van der Waals surface area contributed by atoms with Gasteiger partial charge in [-0.3, -0.25) is 4.18 Å². The quantitative estimate of drug-likeness (QED) is 0.712. The third-order valence-corrected chi connectivity index (χ3v) is 6.31. The van der Waals surface area contributed by atoms with Gasteiger partial charge in [0.05, 0.1) is 11.0 Å². The first-order valence-electron chi connectivity index (χ1n) is 7.95. The average Bonchev–Trinajstić information content (AvgIpc) is 2.56. The second kappa shape index (κ2) is 7.25. The first-order valence-corrected chi connectivity index (χ1v) is 10.2. The van der Waals surface area contributed by atoms with E-state index in [1.165, 1.54) is 0 Å². The molecule has 0 atom stereocenters. The normalized spacial score (nSPS) is 16.3. The predicted molar refractivity (Wildman–Crippen MR) is 98.8 cm³/mol. The molecule has 1 aliphatic rings. The van der Waals surface area contributed by atoms with Gasteiger partial charge in [-0.1, -0.05) is 34.1 Å². The lowest BCUT2D eigenvalue weighted by Crippen LogP contribution is -2.37. The molecule has 0 spiro atoms. The van der Waals surface area contributed by atoms with Gasteiger partial charge >= 0.3 is 0 Å². The minimum Gasteiger partial charge on any atom is -0.371 e. The molecular formula is C18H20BrNO3S.